The van der Waals surface area contributed by atoms with Gasteiger partial charge in [0.15, 0.2) is 0 Å². The third kappa shape index (κ3) is 2.24. The minimum Gasteiger partial charge on any atom is -0.691 e. The van der Waals surface area contributed by atoms with Crippen LogP contribution in [0.3, 0.4) is 0 Å². The third-order valence-electron chi connectivity index (χ3n) is 4.78. The summed E-state index contributed by atoms with van der Waals surface area (Å²) in [6, 6.07) is 0. The van der Waals surface area contributed by atoms with Gasteiger partial charge in [-0.05, 0) is 49.9 Å². The predicted molar refractivity (Wildman–Crippen MR) is 59.1 cm³/mol. The Morgan fingerprint density at radius 3 is 2.53 bits per heavy atom. The number of nitrogens with one attached hydrogen (secondary N) is 1. The highest BCUT2D eigenvalue weighted by atomic mass is 32.2. The van der Waals surface area contributed by atoms with Crippen molar-refractivity contribution < 1.29 is 28.2 Å². The van der Waals surface area contributed by atoms with Crippen LogP contribution in [0.4, 0.5) is 8.78 Å². The molecule has 19 heavy (non-hydrogen) atoms. The molecule has 1 N–H and O–H groups in total. The summed E-state index contributed by atoms with van der Waals surface area (Å²) in [6.45, 7) is 0. The van der Waals surface area contributed by atoms with E-state index < -0.39 is 28.7 Å². The lowest BCUT2D eigenvalue weighted by Crippen LogP contribution is -2.53. The van der Waals surface area contributed by atoms with Gasteiger partial charge in [-0.15, -0.1) is 0 Å². The zero-order chi connectivity index (χ0) is 13.7. The minimum absolute atomic E-state index is 0.317. The molecule has 4 aliphatic carbocycles. The number of amides is 1. The molecule has 2 unspecified atom stereocenters. The molecule has 0 aromatic carbocycles. The number of rotatable bonds is 5. The molecule has 0 aromatic heterocycles. The Morgan fingerprint density at radius 2 is 1.95 bits per heavy atom. The van der Waals surface area contributed by atoms with Crippen molar-refractivity contribution in [3.8, 4) is 0 Å². The van der Waals surface area contributed by atoms with E-state index in [1.54, 1.807) is 0 Å². The molecule has 0 aliphatic heterocycles. The van der Waals surface area contributed by atoms with Gasteiger partial charge >= 0.3 is 11.2 Å². The van der Waals surface area contributed by atoms with Gasteiger partial charge in [0.2, 0.25) is 0 Å². The molecule has 0 spiro atoms. The van der Waals surface area contributed by atoms with E-state index in [9.17, 15) is 18.8 Å². The van der Waals surface area contributed by atoms with Crippen LogP contribution in [-0.4, -0.2) is 16.7 Å². The van der Waals surface area contributed by atoms with Gasteiger partial charge in [-0.1, -0.05) is 0 Å². The zero-order valence-corrected chi connectivity index (χ0v) is 10.9. The summed E-state index contributed by atoms with van der Waals surface area (Å²) < 4.78 is 30.4. The molecule has 0 aromatic rings. The van der Waals surface area contributed by atoms with Crippen molar-refractivity contribution in [3.05, 3.63) is 0 Å². The molecule has 2 atom stereocenters. The van der Waals surface area contributed by atoms with Crippen molar-refractivity contribution in [1.82, 2.24) is 5.32 Å². The lowest BCUT2D eigenvalue weighted by Gasteiger charge is -2.34. The van der Waals surface area contributed by atoms with E-state index in [0.717, 1.165) is 32.1 Å². The van der Waals surface area contributed by atoms with Crippen molar-refractivity contribution in [3.63, 3.8) is 0 Å². The Morgan fingerprint density at radius 1 is 1.32 bits per heavy atom. The maximum Gasteiger partial charge on any atom is 0.397 e. The molecule has 8 heteroatoms. The zero-order valence-electron chi connectivity index (χ0n) is 10.1. The standard InChI is InChI=1S/C11H15F2NO4S/c12-11(13,19-18-17-16)9(15)14-10-4-6-1-7(5-10)3-8(10)2-6/h6-8,16H,1-5H2,(H,14,15)/p-1. The van der Waals surface area contributed by atoms with E-state index in [0.29, 0.717) is 17.8 Å². The SMILES string of the molecule is O=C(NC12CC3CC(CC1C3)C2)C(F)(F)SOO[O-]. The quantitative estimate of drug-likeness (QED) is 0.468. The first kappa shape index (κ1) is 13.5. The topological polar surface area (TPSA) is 70.6 Å². The average molecular weight is 294 g/mol. The number of hydrogen-bond acceptors (Lipinski definition) is 5. The first-order valence-corrected chi connectivity index (χ1v) is 7.04. The predicted octanol–water partition coefficient (Wildman–Crippen LogP) is 1.15. The molecular weight excluding hydrogens is 280 g/mol. The van der Waals surface area contributed by atoms with Crippen LogP contribution >= 0.6 is 12.0 Å². The molecule has 4 bridgehead atoms. The summed E-state index contributed by atoms with van der Waals surface area (Å²) in [5.74, 6) is 0.0287. The molecule has 4 saturated carbocycles. The van der Waals surface area contributed by atoms with Gasteiger partial charge in [-0.25, -0.2) is 0 Å². The molecule has 4 fully saturated rings. The van der Waals surface area contributed by atoms with Gasteiger partial charge in [0, 0.05) is 5.54 Å². The van der Waals surface area contributed by atoms with Crippen LogP contribution in [-0.2, 0) is 14.2 Å². The van der Waals surface area contributed by atoms with Gasteiger partial charge < -0.3 is 10.6 Å². The molecule has 1 amide bonds. The van der Waals surface area contributed by atoms with Crippen LogP contribution in [0.1, 0.15) is 32.1 Å². The van der Waals surface area contributed by atoms with E-state index in [1.807, 2.05) is 0 Å². The number of alkyl halides is 2. The first-order chi connectivity index (χ1) is 8.95. The highest BCUT2D eigenvalue weighted by molar-refractivity contribution is 7.96. The summed E-state index contributed by atoms with van der Waals surface area (Å²) in [5, 5.41) is 11.1. The molecule has 0 radical (unpaired) electrons. The van der Waals surface area contributed by atoms with Crippen LogP contribution in [0, 0.1) is 17.8 Å². The second-order valence-electron chi connectivity index (χ2n) is 5.89. The lowest BCUT2D eigenvalue weighted by molar-refractivity contribution is -0.777. The van der Waals surface area contributed by atoms with Gasteiger partial charge in [0.1, 0.15) is 12.0 Å². The van der Waals surface area contributed by atoms with Crippen LogP contribution < -0.4 is 10.6 Å². The highest BCUT2D eigenvalue weighted by Gasteiger charge is 2.60. The minimum atomic E-state index is -3.82. The van der Waals surface area contributed by atoms with Crippen LogP contribution in [0.25, 0.3) is 0 Å². The summed E-state index contributed by atoms with van der Waals surface area (Å²) in [5.41, 5.74) is -0.465. The van der Waals surface area contributed by atoms with Crippen LogP contribution in [0.15, 0.2) is 0 Å². The van der Waals surface area contributed by atoms with E-state index >= 15 is 0 Å². The van der Waals surface area contributed by atoms with E-state index in [4.69, 9.17) is 0 Å². The van der Waals surface area contributed by atoms with Crippen molar-refractivity contribution in [2.45, 2.75) is 42.9 Å². The molecule has 108 valence electrons. The monoisotopic (exact) mass is 294 g/mol. The number of carbonyl (C=O) groups excluding carboxylic acids is 1. The summed E-state index contributed by atoms with van der Waals surface area (Å²) >= 11 is -0.567. The average Bonchev–Trinajstić information content (AvgIpc) is 2.71. The summed E-state index contributed by atoms with van der Waals surface area (Å²) in [6.07, 6.45) is 4.79. The van der Waals surface area contributed by atoms with Crippen molar-refractivity contribution in [1.29, 1.82) is 0 Å². The molecule has 4 rings (SSSR count). The summed E-state index contributed by atoms with van der Waals surface area (Å²) in [4.78, 5) is 11.7. The number of halogens is 2. The van der Waals surface area contributed by atoms with E-state index in [1.165, 1.54) is 0 Å². The highest BCUT2D eigenvalue weighted by Crippen LogP contribution is 2.60. The van der Waals surface area contributed by atoms with Gasteiger partial charge in [-0.3, -0.25) is 9.83 Å². The van der Waals surface area contributed by atoms with E-state index in [-0.39, 0.29) is 0 Å². The third-order valence-corrected chi connectivity index (χ3v) is 5.30. The maximum absolute atomic E-state index is 13.4. The Hall–Kier alpha value is -0.440. The Bertz CT molecular complexity index is 381. The van der Waals surface area contributed by atoms with Crippen molar-refractivity contribution >= 4 is 17.9 Å². The second-order valence-corrected chi connectivity index (χ2v) is 6.71. The normalized spacial score (nSPS) is 39.8. The Balaban J connectivity index is 1.67. The summed E-state index contributed by atoms with van der Waals surface area (Å²) in [7, 11) is 0. The number of carbonyl (C=O) groups is 1. The fourth-order valence-corrected chi connectivity index (χ4v) is 4.63. The van der Waals surface area contributed by atoms with Crippen molar-refractivity contribution in [2.24, 2.45) is 17.8 Å². The fourth-order valence-electron chi connectivity index (χ4n) is 4.39. The lowest BCUT2D eigenvalue weighted by atomic mass is 9.80. The van der Waals surface area contributed by atoms with Crippen LogP contribution in [0.5, 0.6) is 0 Å². The second kappa shape index (κ2) is 4.54. The van der Waals surface area contributed by atoms with Gasteiger partial charge in [-0.2, -0.15) is 13.1 Å². The Kier molecular flexibility index (Phi) is 3.24. The molecule has 4 aliphatic rings. The van der Waals surface area contributed by atoms with Crippen LogP contribution in [0.2, 0.25) is 0 Å². The van der Waals surface area contributed by atoms with Crippen molar-refractivity contribution in [2.75, 3.05) is 0 Å². The fraction of sp³-hybridized carbons (Fsp3) is 0.909. The Labute approximate surface area is 113 Å². The number of hydrogen-bond donors (Lipinski definition) is 1. The smallest absolute Gasteiger partial charge is 0.397 e. The molecular formula is C11H14F2NO4S-. The van der Waals surface area contributed by atoms with Gasteiger partial charge in [0.25, 0.3) is 0 Å². The van der Waals surface area contributed by atoms with E-state index in [2.05, 4.69) is 14.7 Å². The molecule has 0 heterocycles. The largest absolute Gasteiger partial charge is 0.691 e. The first-order valence-electron chi connectivity index (χ1n) is 6.30. The maximum atomic E-state index is 13.4. The molecule has 5 nitrogen and oxygen atoms in total. The van der Waals surface area contributed by atoms with Gasteiger partial charge in [0.05, 0.1) is 0 Å². The molecule has 0 saturated heterocycles.